The number of hydrogen-bond donors (Lipinski definition) is 1. The summed E-state index contributed by atoms with van der Waals surface area (Å²) in [5.74, 6) is 0.127. The molecule has 0 aromatic heterocycles. The van der Waals surface area contributed by atoms with Crippen LogP contribution >= 0.6 is 22.6 Å². The predicted octanol–water partition coefficient (Wildman–Crippen LogP) is 5.74. The molecule has 0 spiro atoms. The Morgan fingerprint density at radius 2 is 1.87 bits per heavy atom. The van der Waals surface area contributed by atoms with E-state index in [0.29, 0.717) is 5.92 Å². The Labute approximate surface area is 151 Å². The number of fused-ring (bicyclic) bond motifs is 1. The van der Waals surface area contributed by atoms with Gasteiger partial charge in [-0.1, -0.05) is 71.8 Å². The highest BCUT2D eigenvalue weighted by atomic mass is 127. The van der Waals surface area contributed by atoms with E-state index in [1.54, 1.807) is 6.92 Å². The van der Waals surface area contributed by atoms with Crippen molar-refractivity contribution in [2.24, 2.45) is 5.92 Å². The number of hydrogen-bond acceptors (Lipinski definition) is 1. The molecule has 1 aliphatic rings. The van der Waals surface area contributed by atoms with E-state index in [1.165, 1.54) is 41.1 Å². The Hall–Kier alpha value is -1.10. The summed E-state index contributed by atoms with van der Waals surface area (Å²) >= 11 is 2.52. The smallest absolute Gasteiger partial charge is 0.310 e. The molecular formula is C20H23IO2. The third kappa shape index (κ3) is 3.25. The van der Waals surface area contributed by atoms with Gasteiger partial charge in [0, 0.05) is 4.43 Å². The van der Waals surface area contributed by atoms with E-state index in [0.717, 1.165) is 16.9 Å². The number of carbonyl (C=O) groups is 1. The monoisotopic (exact) mass is 422 g/mol. The van der Waals surface area contributed by atoms with Crippen LogP contribution in [0.3, 0.4) is 0 Å². The second-order valence-corrected chi connectivity index (χ2v) is 7.54. The Bertz CT molecular complexity index is 710. The first-order valence-corrected chi connectivity index (χ1v) is 9.96. The van der Waals surface area contributed by atoms with Crippen LogP contribution in [0.2, 0.25) is 0 Å². The lowest BCUT2D eigenvalue weighted by Crippen LogP contribution is -2.19. The van der Waals surface area contributed by atoms with Crippen LogP contribution < -0.4 is 0 Å². The van der Waals surface area contributed by atoms with Crippen LogP contribution in [0.15, 0.2) is 36.4 Å². The summed E-state index contributed by atoms with van der Waals surface area (Å²) in [4.78, 5) is 11.4. The van der Waals surface area contributed by atoms with Crippen LogP contribution in [0, 0.1) is 5.92 Å². The second-order valence-electron chi connectivity index (χ2n) is 6.65. The SMILES string of the molecule is CC(C(=O)O)c1ccc(C2CCCCC2CI)c2ccccc12. The molecule has 1 N–H and O–H groups in total. The van der Waals surface area contributed by atoms with Crippen molar-refractivity contribution in [3.63, 3.8) is 0 Å². The first-order chi connectivity index (χ1) is 11.1. The predicted molar refractivity (Wildman–Crippen MR) is 104 cm³/mol. The molecule has 0 radical (unpaired) electrons. The van der Waals surface area contributed by atoms with Crippen LogP contribution in [0.5, 0.6) is 0 Å². The maximum absolute atomic E-state index is 11.4. The van der Waals surface area contributed by atoms with E-state index in [-0.39, 0.29) is 0 Å². The topological polar surface area (TPSA) is 37.3 Å². The average molecular weight is 422 g/mol. The van der Waals surface area contributed by atoms with Crippen molar-refractivity contribution < 1.29 is 9.90 Å². The summed E-state index contributed by atoms with van der Waals surface area (Å²) in [6.07, 6.45) is 5.22. The minimum Gasteiger partial charge on any atom is -0.481 e. The number of alkyl halides is 1. The third-order valence-corrected chi connectivity index (χ3v) is 6.47. The number of carboxylic acid groups (broad SMARTS) is 1. The second kappa shape index (κ2) is 7.20. The molecule has 0 aliphatic heterocycles. The summed E-state index contributed by atoms with van der Waals surface area (Å²) < 4.78 is 1.20. The highest BCUT2D eigenvalue weighted by Crippen LogP contribution is 2.42. The van der Waals surface area contributed by atoms with Crippen molar-refractivity contribution in [1.29, 1.82) is 0 Å². The fourth-order valence-electron chi connectivity index (χ4n) is 3.98. The van der Waals surface area contributed by atoms with E-state index in [1.807, 2.05) is 6.07 Å². The quantitative estimate of drug-likeness (QED) is 0.504. The molecule has 3 rings (SSSR count). The van der Waals surface area contributed by atoms with Crippen LogP contribution in [0.25, 0.3) is 10.8 Å². The largest absolute Gasteiger partial charge is 0.481 e. The van der Waals surface area contributed by atoms with E-state index in [2.05, 4.69) is 52.9 Å². The zero-order chi connectivity index (χ0) is 16.4. The first-order valence-electron chi connectivity index (χ1n) is 8.43. The first kappa shape index (κ1) is 16.7. The van der Waals surface area contributed by atoms with Gasteiger partial charge in [0.05, 0.1) is 5.92 Å². The molecule has 3 heteroatoms. The zero-order valence-electron chi connectivity index (χ0n) is 13.5. The molecule has 2 nitrogen and oxygen atoms in total. The molecule has 1 saturated carbocycles. The van der Waals surface area contributed by atoms with E-state index >= 15 is 0 Å². The Morgan fingerprint density at radius 1 is 1.17 bits per heavy atom. The Balaban J connectivity index is 2.12. The highest BCUT2D eigenvalue weighted by molar-refractivity contribution is 14.1. The van der Waals surface area contributed by atoms with Gasteiger partial charge in [-0.3, -0.25) is 4.79 Å². The van der Waals surface area contributed by atoms with Gasteiger partial charge in [-0.05, 0) is 53.5 Å². The highest BCUT2D eigenvalue weighted by Gasteiger charge is 2.28. The van der Waals surface area contributed by atoms with Gasteiger partial charge in [-0.15, -0.1) is 0 Å². The standard InChI is InChI=1S/C20H23IO2/c1-13(20(22)23)15-10-11-19(18-9-5-4-8-17(15)18)16-7-3-2-6-14(16)12-21/h4-5,8-11,13-14,16H,2-3,6-7,12H2,1H3,(H,22,23). The van der Waals surface area contributed by atoms with Crippen molar-refractivity contribution in [3.05, 3.63) is 47.5 Å². The van der Waals surface area contributed by atoms with E-state index in [4.69, 9.17) is 0 Å². The third-order valence-electron chi connectivity index (χ3n) is 5.34. The molecule has 1 aliphatic carbocycles. The molecule has 0 amide bonds. The minimum absolute atomic E-state index is 0.472. The lowest BCUT2D eigenvalue weighted by molar-refractivity contribution is -0.138. The fourth-order valence-corrected chi connectivity index (χ4v) is 5.04. The van der Waals surface area contributed by atoms with Gasteiger partial charge in [0.15, 0.2) is 0 Å². The van der Waals surface area contributed by atoms with Gasteiger partial charge in [0.25, 0.3) is 0 Å². The molecule has 23 heavy (non-hydrogen) atoms. The lowest BCUT2D eigenvalue weighted by atomic mass is 9.74. The molecule has 3 unspecified atom stereocenters. The van der Waals surface area contributed by atoms with E-state index < -0.39 is 11.9 Å². The summed E-state index contributed by atoms with van der Waals surface area (Å²) in [6, 6.07) is 12.6. The molecule has 0 saturated heterocycles. The summed E-state index contributed by atoms with van der Waals surface area (Å²) in [5, 5.41) is 11.8. The van der Waals surface area contributed by atoms with Crippen LogP contribution in [0.4, 0.5) is 0 Å². The minimum atomic E-state index is -0.759. The van der Waals surface area contributed by atoms with Gasteiger partial charge in [-0.25, -0.2) is 0 Å². The van der Waals surface area contributed by atoms with Crippen LogP contribution in [-0.2, 0) is 4.79 Å². The Kier molecular flexibility index (Phi) is 5.24. The molecule has 1 fully saturated rings. The maximum Gasteiger partial charge on any atom is 0.310 e. The van der Waals surface area contributed by atoms with Crippen molar-refractivity contribution in [2.75, 3.05) is 4.43 Å². The van der Waals surface area contributed by atoms with Gasteiger partial charge in [0.2, 0.25) is 0 Å². The molecule has 0 bridgehead atoms. The summed E-state index contributed by atoms with van der Waals surface area (Å²) in [5.41, 5.74) is 2.35. The zero-order valence-corrected chi connectivity index (χ0v) is 15.6. The van der Waals surface area contributed by atoms with Gasteiger partial charge < -0.3 is 5.11 Å². The number of rotatable bonds is 4. The van der Waals surface area contributed by atoms with E-state index in [9.17, 15) is 9.90 Å². The Morgan fingerprint density at radius 3 is 2.57 bits per heavy atom. The fraction of sp³-hybridized carbons (Fsp3) is 0.450. The normalized spacial score (nSPS) is 22.9. The number of benzene rings is 2. The van der Waals surface area contributed by atoms with Crippen molar-refractivity contribution in [3.8, 4) is 0 Å². The molecular weight excluding hydrogens is 399 g/mol. The van der Waals surface area contributed by atoms with Crippen molar-refractivity contribution in [2.45, 2.75) is 44.4 Å². The number of carboxylic acids is 1. The maximum atomic E-state index is 11.4. The lowest BCUT2D eigenvalue weighted by Gasteiger charge is -2.32. The van der Waals surface area contributed by atoms with Crippen LogP contribution in [0.1, 0.15) is 55.6 Å². The average Bonchev–Trinajstić information content (AvgIpc) is 2.60. The molecule has 0 heterocycles. The van der Waals surface area contributed by atoms with Gasteiger partial charge >= 0.3 is 5.97 Å². The molecule has 2 aromatic carbocycles. The summed E-state index contributed by atoms with van der Waals surface area (Å²) in [6.45, 7) is 1.78. The number of halogens is 1. The molecule has 2 aromatic rings. The van der Waals surface area contributed by atoms with Crippen molar-refractivity contribution >= 4 is 39.3 Å². The molecule has 3 atom stereocenters. The van der Waals surface area contributed by atoms with Gasteiger partial charge in [0.1, 0.15) is 0 Å². The van der Waals surface area contributed by atoms with Crippen molar-refractivity contribution in [1.82, 2.24) is 0 Å². The number of aliphatic carboxylic acids is 1. The van der Waals surface area contributed by atoms with Crippen LogP contribution in [-0.4, -0.2) is 15.5 Å². The van der Waals surface area contributed by atoms with Gasteiger partial charge in [-0.2, -0.15) is 0 Å². The molecule has 122 valence electrons. The summed E-state index contributed by atoms with van der Waals surface area (Å²) in [7, 11) is 0.